The Labute approximate surface area is 406 Å². The lowest BCUT2D eigenvalue weighted by molar-refractivity contribution is 0.395. The van der Waals surface area contributed by atoms with Crippen molar-refractivity contribution >= 4 is 115 Å². The van der Waals surface area contributed by atoms with E-state index in [1.54, 1.807) is 36.4 Å². The molecule has 0 fully saturated rings. The normalized spacial score (nSPS) is 12.1. The van der Waals surface area contributed by atoms with Crippen molar-refractivity contribution in [3.63, 3.8) is 0 Å². The Morgan fingerprint density at radius 1 is 0.222 bits per heavy atom. The van der Waals surface area contributed by atoms with Crippen molar-refractivity contribution in [2.24, 2.45) is 0 Å². The third kappa shape index (κ3) is 5.21. The lowest BCUT2D eigenvalue weighted by Gasteiger charge is -2.24. The van der Waals surface area contributed by atoms with Crippen molar-refractivity contribution in [3.8, 4) is 131 Å². The molecular formula is C54H29B3O15. The average Bonchev–Trinajstić information content (AvgIpc) is 3.37. The van der Waals surface area contributed by atoms with Crippen LogP contribution in [0.3, 0.4) is 0 Å². The first-order valence-corrected chi connectivity index (χ1v) is 21.6. The van der Waals surface area contributed by atoms with Crippen molar-refractivity contribution in [2.75, 3.05) is 0 Å². The minimum absolute atomic E-state index is 0.119. The van der Waals surface area contributed by atoms with E-state index in [1.165, 1.54) is 6.07 Å². The second kappa shape index (κ2) is 14.4. The molecule has 0 heterocycles. The maximum absolute atomic E-state index is 11.9. The van der Waals surface area contributed by atoms with Gasteiger partial charge in [-0.05, 0) is 78.1 Å². The van der Waals surface area contributed by atoms with Crippen LogP contribution in [0.1, 0.15) is 0 Å². The Morgan fingerprint density at radius 3 is 1.08 bits per heavy atom. The Bertz CT molecular complexity index is 4430. The van der Waals surface area contributed by atoms with Crippen LogP contribution in [0.15, 0.2) is 84.9 Å². The van der Waals surface area contributed by atoms with E-state index in [1.807, 2.05) is 42.5 Å². The van der Waals surface area contributed by atoms with Crippen LogP contribution in [-0.4, -0.2) is 100 Å². The van der Waals surface area contributed by atoms with Gasteiger partial charge in [0.25, 0.3) is 0 Å². The van der Waals surface area contributed by atoms with E-state index in [0.29, 0.717) is 22.3 Å². The second-order valence-electron chi connectivity index (χ2n) is 17.6. The molecule has 0 saturated carbocycles. The van der Waals surface area contributed by atoms with Crippen molar-refractivity contribution in [2.45, 2.75) is 0 Å². The molecule has 6 radical (unpaired) electrons. The summed E-state index contributed by atoms with van der Waals surface area (Å²) >= 11 is 0. The molecule has 0 bridgehead atoms. The van der Waals surface area contributed by atoms with Gasteiger partial charge in [0.2, 0.25) is 0 Å². The van der Waals surface area contributed by atoms with Crippen LogP contribution in [0.2, 0.25) is 0 Å². The van der Waals surface area contributed by atoms with Crippen LogP contribution >= 0.6 is 0 Å². The highest BCUT2D eigenvalue weighted by atomic mass is 16.3. The molecule has 0 amide bonds. The molecule has 0 aliphatic heterocycles. The molecule has 0 aliphatic carbocycles. The van der Waals surface area contributed by atoms with Gasteiger partial charge in [0.05, 0.1) is 32.3 Å². The number of benzene rings is 12. The van der Waals surface area contributed by atoms with Gasteiger partial charge in [0.15, 0.2) is 57.5 Å². The maximum Gasteiger partial charge on any atom is 0.170 e. The summed E-state index contributed by atoms with van der Waals surface area (Å²) in [4.78, 5) is 0. The largest absolute Gasteiger partial charge is 0.508 e. The van der Waals surface area contributed by atoms with E-state index in [0.717, 1.165) is 10.8 Å². The highest BCUT2D eigenvalue weighted by molar-refractivity contribution is 6.51. The predicted octanol–water partition coefficient (Wildman–Crippen LogP) is 7.27. The Morgan fingerprint density at radius 2 is 0.569 bits per heavy atom. The van der Waals surface area contributed by atoms with Crippen LogP contribution in [0.5, 0.6) is 86.2 Å². The number of aromatic hydroxyl groups is 15. The smallest absolute Gasteiger partial charge is 0.170 e. The van der Waals surface area contributed by atoms with Crippen molar-refractivity contribution in [1.29, 1.82) is 0 Å². The Balaban J connectivity index is 1.12. The molecular weight excluding hydrogens is 921 g/mol. The molecule has 12 aromatic rings. The third-order valence-electron chi connectivity index (χ3n) is 14.1. The van der Waals surface area contributed by atoms with Crippen LogP contribution in [0, 0.1) is 0 Å². The van der Waals surface area contributed by atoms with Crippen molar-refractivity contribution in [3.05, 3.63) is 84.9 Å². The molecule has 0 aromatic heterocycles. The van der Waals surface area contributed by atoms with Crippen LogP contribution in [-0.2, 0) is 0 Å². The highest BCUT2D eigenvalue weighted by Crippen LogP contribution is 2.63. The maximum atomic E-state index is 11.9. The van der Waals surface area contributed by atoms with E-state index < -0.39 is 135 Å². The van der Waals surface area contributed by atoms with Gasteiger partial charge in [-0.25, -0.2) is 0 Å². The zero-order chi connectivity index (χ0) is 51.0. The second-order valence-corrected chi connectivity index (χ2v) is 17.6. The zero-order valence-electron chi connectivity index (χ0n) is 36.5. The van der Waals surface area contributed by atoms with Gasteiger partial charge in [-0.2, -0.15) is 0 Å². The lowest BCUT2D eigenvalue weighted by atomic mass is 9.76. The Hall–Kier alpha value is -9.83. The number of phenolic OH excluding ortho intramolecular Hbond substituents is 15. The fraction of sp³-hybridized carbons (Fsp3) is 0. The van der Waals surface area contributed by atoms with Crippen LogP contribution in [0.25, 0.3) is 120 Å². The summed E-state index contributed by atoms with van der Waals surface area (Å²) in [6.45, 7) is 0. The summed E-state index contributed by atoms with van der Waals surface area (Å²) < 4.78 is 0. The summed E-state index contributed by atoms with van der Waals surface area (Å²) in [7, 11) is 18.4. The zero-order valence-corrected chi connectivity index (χ0v) is 36.5. The molecule has 0 saturated heterocycles. The van der Waals surface area contributed by atoms with E-state index in [9.17, 15) is 76.6 Å². The van der Waals surface area contributed by atoms with Crippen molar-refractivity contribution < 1.29 is 76.6 Å². The van der Waals surface area contributed by atoms with E-state index in [4.69, 9.17) is 23.5 Å². The first kappa shape index (κ1) is 43.5. The Kier molecular flexibility index (Phi) is 8.67. The van der Waals surface area contributed by atoms with Crippen LogP contribution in [0.4, 0.5) is 0 Å². The number of rotatable bonds is 4. The van der Waals surface area contributed by atoms with Gasteiger partial charge < -0.3 is 76.6 Å². The molecule has 0 aliphatic rings. The monoisotopic (exact) mass is 950 g/mol. The predicted molar refractivity (Wildman–Crippen MR) is 274 cm³/mol. The molecule has 15 nitrogen and oxygen atoms in total. The fourth-order valence-electron chi connectivity index (χ4n) is 10.7. The quantitative estimate of drug-likeness (QED) is 0.0469. The molecule has 0 unspecified atom stereocenters. The minimum atomic E-state index is -1.03. The summed E-state index contributed by atoms with van der Waals surface area (Å²) in [5.74, 6) is -13.7. The summed E-state index contributed by atoms with van der Waals surface area (Å²) in [5.41, 5.74) is 0.218. The number of fused-ring (bicyclic) bond motifs is 1. The van der Waals surface area contributed by atoms with E-state index in [-0.39, 0.29) is 54.6 Å². The fourth-order valence-corrected chi connectivity index (χ4v) is 10.7. The summed E-state index contributed by atoms with van der Waals surface area (Å²) in [6.07, 6.45) is 0. The molecule has 0 atom stereocenters. The first-order valence-electron chi connectivity index (χ1n) is 21.6. The van der Waals surface area contributed by atoms with E-state index >= 15 is 0 Å². The molecule has 18 heteroatoms. The molecule has 344 valence electrons. The molecule has 72 heavy (non-hydrogen) atoms. The molecule has 0 spiro atoms. The van der Waals surface area contributed by atoms with Gasteiger partial charge in [-0.1, -0.05) is 72.8 Å². The van der Waals surface area contributed by atoms with Gasteiger partial charge in [-0.3, -0.25) is 0 Å². The molecule has 12 rings (SSSR count). The topological polar surface area (TPSA) is 303 Å². The van der Waals surface area contributed by atoms with Gasteiger partial charge in [0.1, 0.15) is 52.3 Å². The summed E-state index contributed by atoms with van der Waals surface area (Å²) in [6, 6.07) is 24.3. The highest BCUT2D eigenvalue weighted by Gasteiger charge is 2.35. The lowest BCUT2D eigenvalue weighted by Crippen LogP contribution is -2.12. The average molecular weight is 950 g/mol. The standard InChI is InChI=1S/C54H29B3O15/c55-37-29-23(45(63)51(69)35-25(29)27-31(40(37)58)41(59)38(56)42(60)32(27)49(67)53(35)71)17-8-6-16(7-9-17)21-12-11-20(14-22(21)19-10-5-15-3-1-2-4-18(15)13-19)24-30-26-28-33(48(66)47(30)65)43(61)39(57)44(62)34(28)50(68)54(72)36(26)52(70)46(24)64/h1-14,58-72H. The van der Waals surface area contributed by atoms with Gasteiger partial charge in [0, 0.05) is 38.1 Å². The number of hydrogen-bond donors (Lipinski definition) is 15. The molecule has 15 N–H and O–H groups in total. The molecule has 12 aromatic carbocycles. The minimum Gasteiger partial charge on any atom is -0.508 e. The number of phenols is 15. The third-order valence-corrected chi connectivity index (χ3v) is 14.1. The van der Waals surface area contributed by atoms with Gasteiger partial charge in [-0.15, -0.1) is 0 Å². The SMILES string of the molecule is [B]c1c(O)c2c(O)c([B])c3c(-c4ccc(-c5ccc(-c6c(O)c(O)c7c(O)c(O)c8c(O)c([B])c(O)c9c(O)c(O)c6c7c89)cc5-c5ccc6ccccc6c5)cc4)c(O)c(O)c4c(O)c(O)c(c1O)c2c43. The van der Waals surface area contributed by atoms with E-state index in [2.05, 4.69) is 0 Å². The van der Waals surface area contributed by atoms with Crippen molar-refractivity contribution in [1.82, 2.24) is 0 Å². The number of hydrogen-bond acceptors (Lipinski definition) is 15. The van der Waals surface area contributed by atoms with Gasteiger partial charge >= 0.3 is 0 Å². The first-order chi connectivity index (χ1) is 34.3. The van der Waals surface area contributed by atoms with Crippen LogP contribution < -0.4 is 16.4 Å². The summed E-state index contributed by atoms with van der Waals surface area (Å²) in [5, 5.41) is 167.